The van der Waals surface area contributed by atoms with Crippen molar-refractivity contribution in [3.05, 3.63) is 0 Å². The van der Waals surface area contributed by atoms with Crippen LogP contribution in [0.5, 0.6) is 0 Å². The van der Waals surface area contributed by atoms with Crippen molar-refractivity contribution in [1.29, 1.82) is 0 Å². The summed E-state index contributed by atoms with van der Waals surface area (Å²) in [7, 11) is 1.83. The number of methoxy groups -OCH3 is 1. The molecule has 14 heavy (non-hydrogen) atoms. The Bertz CT molecular complexity index is 126. The monoisotopic (exact) mass is 204 g/mol. The Kier molecular flexibility index (Phi) is 8.14. The highest BCUT2D eigenvalue weighted by Crippen LogP contribution is 2.25. The van der Waals surface area contributed by atoms with Crippen LogP contribution in [0.15, 0.2) is 0 Å². The van der Waals surface area contributed by atoms with Crippen molar-refractivity contribution in [2.45, 2.75) is 51.7 Å². The first-order valence-corrected chi connectivity index (χ1v) is 5.43. The van der Waals surface area contributed by atoms with Crippen LogP contribution in [-0.4, -0.2) is 36.1 Å². The van der Waals surface area contributed by atoms with Gasteiger partial charge < -0.3 is 14.9 Å². The highest BCUT2D eigenvalue weighted by molar-refractivity contribution is 4.71. The van der Waals surface area contributed by atoms with Crippen LogP contribution in [0.3, 0.4) is 0 Å². The van der Waals surface area contributed by atoms with Crippen LogP contribution in [0, 0.1) is 5.92 Å². The van der Waals surface area contributed by atoms with Crippen LogP contribution in [0.1, 0.15) is 39.5 Å². The highest BCUT2D eigenvalue weighted by atomic mass is 16.5. The van der Waals surface area contributed by atoms with Gasteiger partial charge in [0, 0.05) is 7.11 Å². The van der Waals surface area contributed by atoms with Crippen LogP contribution in [0.25, 0.3) is 0 Å². The Morgan fingerprint density at radius 3 is 2.14 bits per heavy atom. The van der Waals surface area contributed by atoms with Gasteiger partial charge in [0.25, 0.3) is 0 Å². The number of hydrogen-bond donors (Lipinski definition) is 2. The molecule has 3 unspecified atom stereocenters. The highest BCUT2D eigenvalue weighted by Gasteiger charge is 2.19. The molecule has 1 fully saturated rings. The van der Waals surface area contributed by atoms with Crippen molar-refractivity contribution in [1.82, 2.24) is 0 Å². The number of hydrogen-bond acceptors (Lipinski definition) is 3. The van der Waals surface area contributed by atoms with Crippen molar-refractivity contribution in [2.24, 2.45) is 5.92 Å². The number of ether oxygens (including phenoxy) is 1. The summed E-state index contributed by atoms with van der Waals surface area (Å²) < 4.78 is 5.30. The molecule has 0 radical (unpaired) electrons. The van der Waals surface area contributed by atoms with Crippen LogP contribution >= 0.6 is 0 Å². The van der Waals surface area contributed by atoms with Gasteiger partial charge in [-0.1, -0.05) is 19.8 Å². The molecule has 3 heteroatoms. The van der Waals surface area contributed by atoms with Gasteiger partial charge in [0.05, 0.1) is 18.8 Å². The molecule has 1 rings (SSSR count). The minimum atomic E-state index is -0.560. The van der Waals surface area contributed by atoms with Gasteiger partial charge in [-0.2, -0.15) is 0 Å². The second kappa shape index (κ2) is 8.21. The lowest BCUT2D eigenvalue weighted by atomic mass is 9.88. The van der Waals surface area contributed by atoms with E-state index in [1.165, 1.54) is 32.6 Å². The summed E-state index contributed by atoms with van der Waals surface area (Å²) in [6, 6.07) is 0. The van der Waals surface area contributed by atoms with Crippen LogP contribution in [-0.2, 0) is 4.74 Å². The molecule has 0 aromatic rings. The van der Waals surface area contributed by atoms with E-state index in [0.717, 1.165) is 5.92 Å². The number of aliphatic hydroxyl groups is 2. The summed E-state index contributed by atoms with van der Waals surface area (Å²) in [6.45, 7) is 3.67. The zero-order chi connectivity index (χ0) is 11.0. The number of aliphatic hydroxyl groups excluding tert-OH is 2. The molecule has 0 heterocycles. The zero-order valence-electron chi connectivity index (χ0n) is 9.57. The Hall–Kier alpha value is -0.120. The topological polar surface area (TPSA) is 49.7 Å². The molecule has 0 aromatic heterocycles. The van der Waals surface area contributed by atoms with Gasteiger partial charge in [0.1, 0.15) is 0 Å². The van der Waals surface area contributed by atoms with Crippen molar-refractivity contribution in [3.63, 3.8) is 0 Å². The lowest BCUT2D eigenvalue weighted by molar-refractivity contribution is 0.0310. The summed E-state index contributed by atoms with van der Waals surface area (Å²) in [5.41, 5.74) is 0. The molecular formula is C11H24O3. The Balaban J connectivity index is 0.000000292. The quantitative estimate of drug-likeness (QED) is 0.718. The first kappa shape index (κ1) is 13.9. The summed E-state index contributed by atoms with van der Waals surface area (Å²) in [4.78, 5) is 0. The molecule has 0 aliphatic heterocycles. The van der Waals surface area contributed by atoms with E-state index < -0.39 is 6.10 Å². The van der Waals surface area contributed by atoms with Crippen LogP contribution < -0.4 is 0 Å². The Morgan fingerprint density at radius 2 is 1.86 bits per heavy atom. The molecule has 0 aromatic carbocycles. The van der Waals surface area contributed by atoms with Crippen molar-refractivity contribution < 1.29 is 14.9 Å². The van der Waals surface area contributed by atoms with Crippen LogP contribution in [0.4, 0.5) is 0 Å². The lowest BCUT2D eigenvalue weighted by Crippen LogP contribution is -2.23. The van der Waals surface area contributed by atoms with Gasteiger partial charge in [-0.05, 0) is 25.7 Å². The fraction of sp³-hybridized carbons (Fsp3) is 1.00. The molecule has 3 atom stereocenters. The smallest absolute Gasteiger partial charge is 0.0742 e. The van der Waals surface area contributed by atoms with E-state index in [-0.39, 0.29) is 6.61 Å². The predicted octanol–water partition coefficient (Wildman–Crippen LogP) is 1.57. The third-order valence-corrected chi connectivity index (χ3v) is 2.60. The third kappa shape index (κ3) is 6.35. The molecule has 86 valence electrons. The molecular weight excluding hydrogens is 180 g/mol. The first-order chi connectivity index (χ1) is 6.61. The molecule has 0 spiro atoms. The van der Waals surface area contributed by atoms with E-state index in [2.05, 4.69) is 6.92 Å². The standard InChI is InChI=1S/C8H16O.C3H8O2/c1-7-5-3-4-6-8(7)9-2;1-3(5)2-4/h7-8H,3-6H2,1-2H3;3-5H,2H2,1H3. The maximum atomic E-state index is 8.11. The molecule has 2 N–H and O–H groups in total. The third-order valence-electron chi connectivity index (χ3n) is 2.60. The SMILES string of the molecule is CC(O)CO.COC1CCCCC1C. The summed E-state index contributed by atoms with van der Waals surface area (Å²) in [5.74, 6) is 0.795. The van der Waals surface area contributed by atoms with Crippen molar-refractivity contribution in [3.8, 4) is 0 Å². The maximum absolute atomic E-state index is 8.11. The average Bonchev–Trinajstić information content (AvgIpc) is 2.19. The van der Waals surface area contributed by atoms with E-state index in [1.54, 1.807) is 0 Å². The summed E-state index contributed by atoms with van der Waals surface area (Å²) in [6.07, 6.45) is 5.40. The van der Waals surface area contributed by atoms with Gasteiger partial charge >= 0.3 is 0 Å². The summed E-state index contributed by atoms with van der Waals surface area (Å²) in [5, 5.41) is 16.0. The molecule has 0 saturated heterocycles. The van der Waals surface area contributed by atoms with Gasteiger partial charge in [-0.15, -0.1) is 0 Å². The fourth-order valence-corrected chi connectivity index (χ4v) is 1.63. The Labute approximate surface area is 87.1 Å². The molecule has 1 saturated carbocycles. The minimum Gasteiger partial charge on any atom is -0.394 e. The number of rotatable bonds is 2. The lowest BCUT2D eigenvalue weighted by Gasteiger charge is -2.26. The second-order valence-corrected chi connectivity index (χ2v) is 4.07. The molecule has 1 aliphatic rings. The average molecular weight is 204 g/mol. The maximum Gasteiger partial charge on any atom is 0.0742 e. The molecule has 3 nitrogen and oxygen atoms in total. The van der Waals surface area contributed by atoms with E-state index >= 15 is 0 Å². The van der Waals surface area contributed by atoms with E-state index in [0.29, 0.717) is 6.10 Å². The Morgan fingerprint density at radius 1 is 1.36 bits per heavy atom. The van der Waals surface area contributed by atoms with Gasteiger partial charge in [0.2, 0.25) is 0 Å². The zero-order valence-corrected chi connectivity index (χ0v) is 9.57. The fourth-order valence-electron chi connectivity index (χ4n) is 1.63. The first-order valence-electron chi connectivity index (χ1n) is 5.43. The van der Waals surface area contributed by atoms with Gasteiger partial charge in [0.15, 0.2) is 0 Å². The van der Waals surface area contributed by atoms with Crippen molar-refractivity contribution >= 4 is 0 Å². The predicted molar refractivity (Wildman–Crippen MR) is 57.2 cm³/mol. The largest absolute Gasteiger partial charge is 0.394 e. The molecule has 0 amide bonds. The van der Waals surface area contributed by atoms with Crippen LogP contribution in [0.2, 0.25) is 0 Å². The normalized spacial score (nSPS) is 28.9. The summed E-state index contributed by atoms with van der Waals surface area (Å²) >= 11 is 0. The second-order valence-electron chi connectivity index (χ2n) is 4.07. The minimum absolute atomic E-state index is 0.139. The molecule has 0 bridgehead atoms. The van der Waals surface area contributed by atoms with E-state index in [9.17, 15) is 0 Å². The van der Waals surface area contributed by atoms with E-state index in [4.69, 9.17) is 14.9 Å². The van der Waals surface area contributed by atoms with E-state index in [1.807, 2.05) is 7.11 Å². The molecule has 1 aliphatic carbocycles. The van der Waals surface area contributed by atoms with Gasteiger partial charge in [-0.3, -0.25) is 0 Å². The van der Waals surface area contributed by atoms with Crippen molar-refractivity contribution in [2.75, 3.05) is 13.7 Å². The van der Waals surface area contributed by atoms with Gasteiger partial charge in [-0.25, -0.2) is 0 Å².